The van der Waals surface area contributed by atoms with Crippen LogP contribution in [0, 0.1) is 0 Å². The van der Waals surface area contributed by atoms with Crippen LogP contribution >= 0.6 is 0 Å². The van der Waals surface area contributed by atoms with E-state index in [1.807, 2.05) is 36.4 Å². The van der Waals surface area contributed by atoms with Crippen molar-refractivity contribution in [2.45, 2.75) is 6.29 Å². The van der Waals surface area contributed by atoms with Gasteiger partial charge in [-0.25, -0.2) is 9.50 Å². The first-order valence-corrected chi connectivity index (χ1v) is 5.63. The van der Waals surface area contributed by atoms with E-state index in [-0.39, 0.29) is 0 Å². The van der Waals surface area contributed by atoms with E-state index in [0.717, 1.165) is 22.8 Å². The normalized spacial score (nSPS) is 14.2. The van der Waals surface area contributed by atoms with E-state index in [2.05, 4.69) is 10.1 Å². The highest BCUT2D eigenvalue weighted by atomic mass is 16.7. The summed E-state index contributed by atoms with van der Waals surface area (Å²) in [6.45, 7) is 0. The lowest BCUT2D eigenvalue weighted by Gasteiger charge is -2.09. The van der Waals surface area contributed by atoms with Gasteiger partial charge < -0.3 is 9.47 Å². The highest BCUT2D eigenvalue weighted by Crippen LogP contribution is 2.39. The van der Waals surface area contributed by atoms with Gasteiger partial charge in [0.25, 0.3) is 6.29 Å². The second-order valence-corrected chi connectivity index (χ2v) is 4.00. The van der Waals surface area contributed by atoms with E-state index < -0.39 is 6.29 Å². The molecule has 0 spiro atoms. The molecule has 88 valence electrons. The Morgan fingerprint density at radius 3 is 2.56 bits per heavy atom. The van der Waals surface area contributed by atoms with Crippen molar-refractivity contribution in [3.63, 3.8) is 0 Å². The van der Waals surface area contributed by atoms with Crippen molar-refractivity contribution < 1.29 is 9.47 Å². The fourth-order valence-electron chi connectivity index (χ4n) is 1.98. The average Bonchev–Trinajstić information content (AvgIpc) is 3.04. The van der Waals surface area contributed by atoms with Gasteiger partial charge in [0.1, 0.15) is 5.69 Å². The van der Waals surface area contributed by atoms with Gasteiger partial charge in [-0.1, -0.05) is 12.1 Å². The van der Waals surface area contributed by atoms with Gasteiger partial charge in [0.15, 0.2) is 17.1 Å². The lowest BCUT2D eigenvalue weighted by Crippen LogP contribution is -2.11. The second kappa shape index (κ2) is 3.46. The third-order valence-electron chi connectivity index (χ3n) is 2.83. The molecule has 1 aromatic carbocycles. The molecule has 2 aromatic heterocycles. The minimum Gasteiger partial charge on any atom is -0.445 e. The maximum absolute atomic E-state index is 5.70. The molecule has 5 nitrogen and oxygen atoms in total. The molecule has 0 amide bonds. The predicted octanol–water partition coefficient (Wildman–Crippen LogP) is 2.20. The quantitative estimate of drug-likeness (QED) is 0.653. The second-order valence-electron chi connectivity index (χ2n) is 4.00. The Morgan fingerprint density at radius 2 is 1.78 bits per heavy atom. The molecule has 4 rings (SSSR count). The van der Waals surface area contributed by atoms with Gasteiger partial charge in [-0.05, 0) is 24.3 Å². The van der Waals surface area contributed by atoms with Crippen LogP contribution in [0.25, 0.3) is 5.65 Å². The van der Waals surface area contributed by atoms with E-state index in [4.69, 9.17) is 9.47 Å². The summed E-state index contributed by atoms with van der Waals surface area (Å²) in [6, 6.07) is 11.3. The first-order chi connectivity index (χ1) is 8.90. The summed E-state index contributed by atoms with van der Waals surface area (Å²) in [4.78, 5) is 4.14. The zero-order valence-electron chi connectivity index (χ0n) is 9.35. The van der Waals surface area contributed by atoms with Crippen LogP contribution in [-0.2, 0) is 0 Å². The van der Waals surface area contributed by atoms with E-state index in [1.54, 1.807) is 16.9 Å². The number of hydrogen-bond donors (Lipinski definition) is 0. The van der Waals surface area contributed by atoms with Gasteiger partial charge in [-0.2, -0.15) is 5.10 Å². The fraction of sp³-hybridized carbons (Fsp3) is 0.0769. The molecule has 3 aromatic rings. The predicted molar refractivity (Wildman–Crippen MR) is 63.4 cm³/mol. The first-order valence-electron chi connectivity index (χ1n) is 5.63. The Hall–Kier alpha value is -2.56. The number of nitrogens with zero attached hydrogens (tertiary/aromatic N) is 3. The molecule has 5 heteroatoms. The molecule has 3 heterocycles. The summed E-state index contributed by atoms with van der Waals surface area (Å²) in [7, 11) is 0. The molecule has 0 saturated heterocycles. The number of benzene rings is 1. The van der Waals surface area contributed by atoms with Crippen molar-refractivity contribution in [3.05, 3.63) is 54.5 Å². The van der Waals surface area contributed by atoms with Crippen LogP contribution < -0.4 is 9.47 Å². The standard InChI is InChI=1S/C13H9N3O2/c1-2-4-11-10(3-1)17-13(18-11)9-5-6-12-14-7-8-16(12)15-9/h1-8,13H. The third kappa shape index (κ3) is 1.34. The molecule has 0 bridgehead atoms. The minimum atomic E-state index is -0.491. The lowest BCUT2D eigenvalue weighted by atomic mass is 10.3. The summed E-state index contributed by atoms with van der Waals surface area (Å²) in [6.07, 6.45) is 3.01. The number of hydrogen-bond acceptors (Lipinski definition) is 4. The van der Waals surface area contributed by atoms with Crippen LogP contribution in [0.1, 0.15) is 12.0 Å². The van der Waals surface area contributed by atoms with Crippen molar-refractivity contribution in [3.8, 4) is 11.5 Å². The number of ether oxygens (including phenoxy) is 2. The Morgan fingerprint density at radius 1 is 1.00 bits per heavy atom. The monoisotopic (exact) mass is 239 g/mol. The number of imidazole rings is 1. The van der Waals surface area contributed by atoms with Crippen LogP contribution in [-0.4, -0.2) is 14.6 Å². The summed E-state index contributed by atoms with van der Waals surface area (Å²) < 4.78 is 13.1. The molecule has 0 saturated carbocycles. The average molecular weight is 239 g/mol. The maximum Gasteiger partial charge on any atom is 0.286 e. The van der Waals surface area contributed by atoms with Crippen molar-refractivity contribution in [1.82, 2.24) is 14.6 Å². The molecule has 1 aliphatic heterocycles. The Kier molecular flexibility index (Phi) is 1.82. The molecule has 0 radical (unpaired) electrons. The molecule has 0 N–H and O–H groups in total. The van der Waals surface area contributed by atoms with E-state index >= 15 is 0 Å². The Balaban J connectivity index is 1.73. The highest BCUT2D eigenvalue weighted by Gasteiger charge is 2.26. The number of aromatic nitrogens is 3. The van der Waals surface area contributed by atoms with E-state index in [1.165, 1.54) is 0 Å². The van der Waals surface area contributed by atoms with Crippen molar-refractivity contribution in [1.29, 1.82) is 0 Å². The van der Waals surface area contributed by atoms with Gasteiger partial charge in [-0.15, -0.1) is 0 Å². The molecule has 0 aliphatic carbocycles. The molecule has 0 atom stereocenters. The maximum atomic E-state index is 5.70. The lowest BCUT2D eigenvalue weighted by molar-refractivity contribution is 0.0437. The zero-order chi connectivity index (χ0) is 11.9. The fourth-order valence-corrected chi connectivity index (χ4v) is 1.98. The smallest absolute Gasteiger partial charge is 0.286 e. The number of para-hydroxylation sites is 2. The van der Waals surface area contributed by atoms with Gasteiger partial charge in [0, 0.05) is 12.4 Å². The van der Waals surface area contributed by atoms with Crippen LogP contribution in [0.4, 0.5) is 0 Å². The summed E-state index contributed by atoms with van der Waals surface area (Å²) in [5.74, 6) is 1.49. The molecule has 1 aliphatic rings. The topological polar surface area (TPSA) is 48.7 Å². The van der Waals surface area contributed by atoms with Crippen LogP contribution in [0.2, 0.25) is 0 Å². The zero-order valence-corrected chi connectivity index (χ0v) is 9.35. The first kappa shape index (κ1) is 9.47. The van der Waals surface area contributed by atoms with E-state index in [0.29, 0.717) is 0 Å². The van der Waals surface area contributed by atoms with E-state index in [9.17, 15) is 0 Å². The number of rotatable bonds is 1. The third-order valence-corrected chi connectivity index (χ3v) is 2.83. The van der Waals surface area contributed by atoms with Crippen molar-refractivity contribution >= 4 is 5.65 Å². The minimum absolute atomic E-state index is 0.491. The Labute approximate surface area is 103 Å². The molecular formula is C13H9N3O2. The number of fused-ring (bicyclic) bond motifs is 2. The van der Waals surface area contributed by atoms with Gasteiger partial charge in [0.05, 0.1) is 0 Å². The van der Waals surface area contributed by atoms with Crippen LogP contribution in [0.15, 0.2) is 48.8 Å². The summed E-state index contributed by atoms with van der Waals surface area (Å²) in [5.41, 5.74) is 1.52. The molecule has 18 heavy (non-hydrogen) atoms. The van der Waals surface area contributed by atoms with Crippen LogP contribution in [0.5, 0.6) is 11.5 Å². The van der Waals surface area contributed by atoms with Crippen molar-refractivity contribution in [2.24, 2.45) is 0 Å². The highest BCUT2D eigenvalue weighted by molar-refractivity contribution is 5.43. The summed E-state index contributed by atoms with van der Waals surface area (Å²) in [5, 5.41) is 4.40. The molecule has 0 fully saturated rings. The van der Waals surface area contributed by atoms with Gasteiger partial charge in [0.2, 0.25) is 0 Å². The van der Waals surface area contributed by atoms with Gasteiger partial charge >= 0.3 is 0 Å². The Bertz CT molecular complexity index is 698. The molecule has 0 unspecified atom stereocenters. The largest absolute Gasteiger partial charge is 0.445 e. The van der Waals surface area contributed by atoms with Gasteiger partial charge in [-0.3, -0.25) is 0 Å². The molecular weight excluding hydrogens is 230 g/mol. The van der Waals surface area contributed by atoms with Crippen LogP contribution in [0.3, 0.4) is 0 Å². The summed E-state index contributed by atoms with van der Waals surface area (Å²) >= 11 is 0. The van der Waals surface area contributed by atoms with Crippen molar-refractivity contribution in [2.75, 3.05) is 0 Å². The SMILES string of the molecule is c1ccc2c(c1)OC(c1ccc3nccn3n1)O2.